The van der Waals surface area contributed by atoms with Crippen molar-refractivity contribution in [1.29, 1.82) is 0 Å². The number of carbonyl (C=O) groups excluding carboxylic acids is 1. The van der Waals surface area contributed by atoms with Gasteiger partial charge < -0.3 is 10.2 Å². The van der Waals surface area contributed by atoms with Crippen molar-refractivity contribution in [3.8, 4) is 0 Å². The number of unbranched alkanes of at least 4 members (excludes halogenated alkanes) is 1. The summed E-state index contributed by atoms with van der Waals surface area (Å²) in [4.78, 5) is 17.6. The van der Waals surface area contributed by atoms with Crippen molar-refractivity contribution in [3.63, 3.8) is 0 Å². The van der Waals surface area contributed by atoms with Crippen LogP contribution in [0, 0.1) is 5.92 Å². The number of likely N-dealkylation sites (tertiary alicyclic amines) is 1. The van der Waals surface area contributed by atoms with E-state index in [4.69, 9.17) is 0 Å². The fourth-order valence-electron chi connectivity index (χ4n) is 5.74. The Labute approximate surface area is 222 Å². The second kappa shape index (κ2) is 13.2. The van der Waals surface area contributed by atoms with Crippen LogP contribution in [0.15, 0.2) is 66.7 Å². The summed E-state index contributed by atoms with van der Waals surface area (Å²) in [7, 11) is 0. The molecule has 0 aliphatic carbocycles. The van der Waals surface area contributed by atoms with Crippen molar-refractivity contribution in [2.75, 3.05) is 39.3 Å². The Kier molecular flexibility index (Phi) is 9.80. The summed E-state index contributed by atoms with van der Waals surface area (Å²) in [6.07, 6.45) is 6.42. The molecular formula is C31H40ClN3O. The molecule has 2 heterocycles. The van der Waals surface area contributed by atoms with Crippen LogP contribution < -0.4 is 5.32 Å². The van der Waals surface area contributed by atoms with E-state index in [1.165, 1.54) is 54.3 Å². The first-order chi connectivity index (χ1) is 17.3. The lowest BCUT2D eigenvalue weighted by Gasteiger charge is -2.32. The van der Waals surface area contributed by atoms with Gasteiger partial charge in [-0.1, -0.05) is 66.7 Å². The first kappa shape index (κ1) is 26.7. The number of benzene rings is 3. The molecule has 3 aromatic carbocycles. The van der Waals surface area contributed by atoms with E-state index in [0.29, 0.717) is 12.3 Å². The zero-order chi connectivity index (χ0) is 23.9. The van der Waals surface area contributed by atoms with Crippen LogP contribution in [0.1, 0.15) is 42.4 Å². The molecule has 0 atom stereocenters. The molecule has 0 spiro atoms. The van der Waals surface area contributed by atoms with E-state index in [2.05, 4.69) is 81.8 Å². The van der Waals surface area contributed by atoms with E-state index in [-0.39, 0.29) is 18.3 Å². The Morgan fingerprint density at radius 1 is 0.861 bits per heavy atom. The SMILES string of the molecule is Cl.O=C(Cc1cccc2ccccc12)N1CCC(CNCCCCN2CCc3ccccc3C2)CC1. The smallest absolute Gasteiger partial charge is 0.227 e. The van der Waals surface area contributed by atoms with Crippen LogP contribution in [0.2, 0.25) is 0 Å². The van der Waals surface area contributed by atoms with Crippen LogP contribution in [0.25, 0.3) is 10.8 Å². The number of amides is 1. The van der Waals surface area contributed by atoms with Crippen molar-refractivity contribution < 1.29 is 4.79 Å². The maximum absolute atomic E-state index is 13.0. The molecule has 5 heteroatoms. The summed E-state index contributed by atoms with van der Waals surface area (Å²) >= 11 is 0. The van der Waals surface area contributed by atoms with E-state index in [1.54, 1.807) is 0 Å². The first-order valence-corrected chi connectivity index (χ1v) is 13.5. The van der Waals surface area contributed by atoms with E-state index < -0.39 is 0 Å². The number of nitrogens with one attached hydrogen (secondary N) is 1. The highest BCUT2D eigenvalue weighted by Crippen LogP contribution is 2.22. The van der Waals surface area contributed by atoms with Crippen LogP contribution in [0.4, 0.5) is 0 Å². The zero-order valence-electron chi connectivity index (χ0n) is 21.3. The Balaban J connectivity index is 0.00000304. The van der Waals surface area contributed by atoms with Gasteiger partial charge in [0.2, 0.25) is 5.91 Å². The molecule has 1 saturated heterocycles. The number of halogens is 1. The Hall–Kier alpha value is -2.40. The lowest BCUT2D eigenvalue weighted by molar-refractivity contribution is -0.131. The van der Waals surface area contributed by atoms with E-state index >= 15 is 0 Å². The van der Waals surface area contributed by atoms with Crippen LogP contribution in [-0.2, 0) is 24.2 Å². The summed E-state index contributed by atoms with van der Waals surface area (Å²) in [5.41, 5.74) is 4.19. The summed E-state index contributed by atoms with van der Waals surface area (Å²) in [5.74, 6) is 0.961. The zero-order valence-corrected chi connectivity index (χ0v) is 22.1. The molecule has 1 N–H and O–H groups in total. The van der Waals surface area contributed by atoms with Crippen LogP contribution in [0.5, 0.6) is 0 Å². The minimum Gasteiger partial charge on any atom is -0.342 e. The molecule has 0 aromatic heterocycles. The number of carbonyl (C=O) groups is 1. The van der Waals surface area contributed by atoms with Gasteiger partial charge in [0.1, 0.15) is 0 Å². The molecule has 1 fully saturated rings. The Morgan fingerprint density at radius 3 is 2.47 bits per heavy atom. The highest BCUT2D eigenvalue weighted by atomic mass is 35.5. The number of nitrogens with zero attached hydrogens (tertiary/aromatic N) is 2. The molecule has 0 saturated carbocycles. The predicted molar refractivity (Wildman–Crippen MR) is 152 cm³/mol. The Morgan fingerprint density at radius 2 is 1.61 bits per heavy atom. The predicted octanol–water partition coefficient (Wildman–Crippen LogP) is 5.47. The standard InChI is InChI=1S/C31H39N3O.ClH/c35-31(22-28-12-7-11-27-9-3-4-13-30(27)28)34-20-14-25(15-21-34)23-32-17-5-6-18-33-19-16-26-8-1-2-10-29(26)24-33;/h1-4,7-13,25,32H,5-6,14-24H2;1H. The van der Waals surface area contributed by atoms with Crippen molar-refractivity contribution >= 4 is 29.1 Å². The first-order valence-electron chi connectivity index (χ1n) is 13.5. The molecule has 3 aromatic rings. The van der Waals surface area contributed by atoms with Gasteiger partial charge in [0, 0.05) is 26.2 Å². The molecule has 0 radical (unpaired) electrons. The van der Waals surface area contributed by atoms with Crippen molar-refractivity contribution in [2.45, 2.75) is 45.1 Å². The third-order valence-electron chi connectivity index (χ3n) is 7.91. The molecule has 192 valence electrons. The van der Waals surface area contributed by atoms with E-state index in [0.717, 1.165) is 51.1 Å². The van der Waals surface area contributed by atoms with Gasteiger partial charge in [-0.25, -0.2) is 0 Å². The minimum absolute atomic E-state index is 0. The average Bonchev–Trinajstić information content (AvgIpc) is 2.91. The maximum atomic E-state index is 13.0. The van der Waals surface area contributed by atoms with Gasteiger partial charge in [-0.05, 0) is 85.1 Å². The molecule has 0 bridgehead atoms. The van der Waals surface area contributed by atoms with Gasteiger partial charge in [-0.3, -0.25) is 9.69 Å². The third-order valence-corrected chi connectivity index (χ3v) is 7.91. The van der Waals surface area contributed by atoms with E-state index in [1.807, 2.05) is 0 Å². The number of fused-ring (bicyclic) bond motifs is 2. The normalized spacial score (nSPS) is 16.5. The average molecular weight is 506 g/mol. The fraction of sp³-hybridized carbons (Fsp3) is 0.452. The third kappa shape index (κ3) is 6.88. The molecule has 2 aliphatic heterocycles. The maximum Gasteiger partial charge on any atom is 0.227 e. The van der Waals surface area contributed by atoms with Gasteiger partial charge in [0.25, 0.3) is 0 Å². The lowest BCUT2D eigenvalue weighted by atomic mass is 9.95. The van der Waals surface area contributed by atoms with Crippen LogP contribution in [0.3, 0.4) is 0 Å². The number of hydrogen-bond donors (Lipinski definition) is 1. The highest BCUT2D eigenvalue weighted by Gasteiger charge is 2.23. The summed E-state index contributed by atoms with van der Waals surface area (Å²) < 4.78 is 0. The molecule has 36 heavy (non-hydrogen) atoms. The molecule has 1 amide bonds. The molecule has 4 nitrogen and oxygen atoms in total. The largest absolute Gasteiger partial charge is 0.342 e. The molecule has 5 rings (SSSR count). The van der Waals surface area contributed by atoms with E-state index in [9.17, 15) is 4.79 Å². The lowest BCUT2D eigenvalue weighted by Crippen LogP contribution is -2.41. The van der Waals surface area contributed by atoms with Gasteiger partial charge in [0.05, 0.1) is 6.42 Å². The van der Waals surface area contributed by atoms with Crippen LogP contribution >= 0.6 is 12.4 Å². The van der Waals surface area contributed by atoms with Gasteiger partial charge in [-0.15, -0.1) is 12.4 Å². The second-order valence-corrected chi connectivity index (χ2v) is 10.3. The summed E-state index contributed by atoms with van der Waals surface area (Å²) in [6.45, 7) is 7.49. The quantitative estimate of drug-likeness (QED) is 0.392. The summed E-state index contributed by atoms with van der Waals surface area (Å²) in [5, 5.41) is 6.10. The number of rotatable bonds is 9. The van der Waals surface area contributed by atoms with Crippen molar-refractivity contribution in [1.82, 2.24) is 15.1 Å². The monoisotopic (exact) mass is 505 g/mol. The van der Waals surface area contributed by atoms with Gasteiger partial charge >= 0.3 is 0 Å². The number of piperidine rings is 1. The van der Waals surface area contributed by atoms with Crippen LogP contribution in [-0.4, -0.2) is 55.0 Å². The topological polar surface area (TPSA) is 35.6 Å². The van der Waals surface area contributed by atoms with Gasteiger partial charge in [-0.2, -0.15) is 0 Å². The molecule has 0 unspecified atom stereocenters. The summed E-state index contributed by atoms with van der Waals surface area (Å²) in [6, 6.07) is 23.5. The van der Waals surface area contributed by atoms with Crippen molar-refractivity contribution in [2.24, 2.45) is 5.92 Å². The highest BCUT2D eigenvalue weighted by molar-refractivity contribution is 5.90. The molecular weight excluding hydrogens is 466 g/mol. The fourth-order valence-corrected chi connectivity index (χ4v) is 5.74. The number of hydrogen-bond acceptors (Lipinski definition) is 3. The Bertz CT molecular complexity index is 1120. The van der Waals surface area contributed by atoms with Gasteiger partial charge in [0.15, 0.2) is 0 Å². The van der Waals surface area contributed by atoms with Crippen molar-refractivity contribution in [3.05, 3.63) is 83.4 Å². The molecule has 2 aliphatic rings. The second-order valence-electron chi connectivity index (χ2n) is 10.3. The minimum atomic E-state index is 0.